The molecule has 0 aromatic heterocycles. The van der Waals surface area contributed by atoms with Crippen LogP contribution < -0.4 is 5.32 Å². The first kappa shape index (κ1) is 14.9. The van der Waals surface area contributed by atoms with Crippen LogP contribution in [0.4, 0.5) is 0 Å². The zero-order valence-corrected chi connectivity index (χ0v) is 12.4. The lowest BCUT2D eigenvalue weighted by atomic mass is 9.90. The molecule has 0 aromatic carbocycles. The van der Waals surface area contributed by atoms with Gasteiger partial charge in [-0.1, -0.05) is 26.7 Å². The number of nitrogens with one attached hydrogen (secondary N) is 1. The Morgan fingerprint density at radius 1 is 1.53 bits per heavy atom. The van der Waals surface area contributed by atoms with Gasteiger partial charge in [0.1, 0.15) is 5.54 Å². The van der Waals surface area contributed by atoms with Crippen molar-refractivity contribution in [2.24, 2.45) is 5.92 Å². The van der Waals surface area contributed by atoms with Crippen molar-refractivity contribution in [1.29, 1.82) is 5.26 Å². The Morgan fingerprint density at radius 2 is 2.24 bits per heavy atom. The zero-order valence-electron chi connectivity index (χ0n) is 11.6. The highest BCUT2D eigenvalue weighted by Crippen LogP contribution is 2.35. The summed E-state index contributed by atoms with van der Waals surface area (Å²) < 4.78 is 0. The van der Waals surface area contributed by atoms with Crippen molar-refractivity contribution in [2.45, 2.75) is 68.9 Å². The molecular formula is C14H26N2S. The van der Waals surface area contributed by atoms with Gasteiger partial charge in [-0.3, -0.25) is 0 Å². The Morgan fingerprint density at radius 3 is 2.76 bits per heavy atom. The smallest absolute Gasteiger partial charge is 0.104 e. The molecule has 0 saturated heterocycles. The van der Waals surface area contributed by atoms with Gasteiger partial charge in [0.15, 0.2) is 0 Å². The summed E-state index contributed by atoms with van der Waals surface area (Å²) >= 11 is 2.09. The highest BCUT2D eigenvalue weighted by atomic mass is 32.2. The molecule has 1 fully saturated rings. The molecular weight excluding hydrogens is 228 g/mol. The van der Waals surface area contributed by atoms with Crippen LogP contribution >= 0.6 is 11.8 Å². The number of nitrogens with zero attached hydrogens (tertiary/aromatic N) is 1. The first-order valence-electron chi connectivity index (χ1n) is 6.74. The van der Waals surface area contributed by atoms with Crippen molar-refractivity contribution < 1.29 is 0 Å². The summed E-state index contributed by atoms with van der Waals surface area (Å²) in [6.07, 6.45) is 6.43. The van der Waals surface area contributed by atoms with Crippen LogP contribution in [0.25, 0.3) is 0 Å². The van der Waals surface area contributed by atoms with E-state index in [4.69, 9.17) is 5.26 Å². The van der Waals surface area contributed by atoms with E-state index in [1.807, 2.05) is 14.0 Å². The first-order valence-corrected chi connectivity index (χ1v) is 7.69. The van der Waals surface area contributed by atoms with Crippen molar-refractivity contribution in [3.05, 3.63) is 0 Å². The number of hydrogen-bond donors (Lipinski definition) is 1. The third kappa shape index (κ3) is 4.89. The van der Waals surface area contributed by atoms with E-state index in [2.05, 4.69) is 37.0 Å². The molecule has 0 radical (unpaired) electrons. The highest BCUT2D eigenvalue weighted by molar-refractivity contribution is 8.00. The van der Waals surface area contributed by atoms with E-state index in [-0.39, 0.29) is 5.54 Å². The molecule has 4 unspecified atom stereocenters. The van der Waals surface area contributed by atoms with E-state index >= 15 is 0 Å². The number of hydrogen-bond acceptors (Lipinski definition) is 3. The van der Waals surface area contributed by atoms with E-state index in [0.29, 0.717) is 5.25 Å². The largest absolute Gasteiger partial charge is 0.303 e. The Labute approximate surface area is 111 Å². The maximum atomic E-state index is 9.16. The fourth-order valence-corrected chi connectivity index (χ4v) is 4.49. The van der Waals surface area contributed by atoms with Crippen molar-refractivity contribution in [3.8, 4) is 6.07 Å². The molecule has 1 aliphatic carbocycles. The summed E-state index contributed by atoms with van der Waals surface area (Å²) in [7, 11) is 1.88. The SMILES string of the molecule is CNC(C)(C#N)CC(C)SC1CCCC(C)C1. The maximum Gasteiger partial charge on any atom is 0.104 e. The Kier molecular flexibility index (Phi) is 5.82. The monoisotopic (exact) mass is 254 g/mol. The Hall–Kier alpha value is -0.200. The molecule has 1 rings (SSSR count). The Balaban J connectivity index is 2.38. The second kappa shape index (κ2) is 6.66. The van der Waals surface area contributed by atoms with Gasteiger partial charge in [-0.25, -0.2) is 0 Å². The summed E-state index contributed by atoms with van der Waals surface area (Å²) in [6, 6.07) is 2.38. The van der Waals surface area contributed by atoms with Gasteiger partial charge in [0, 0.05) is 10.5 Å². The molecule has 1 N–H and O–H groups in total. The molecule has 0 heterocycles. The lowest BCUT2D eigenvalue weighted by molar-refractivity contribution is 0.392. The molecule has 0 bridgehead atoms. The van der Waals surface area contributed by atoms with Gasteiger partial charge in [-0.05, 0) is 39.2 Å². The zero-order chi connectivity index (χ0) is 12.9. The summed E-state index contributed by atoms with van der Waals surface area (Å²) in [4.78, 5) is 0. The van der Waals surface area contributed by atoms with Gasteiger partial charge in [-0.15, -0.1) is 0 Å². The van der Waals surface area contributed by atoms with Crippen LogP contribution in [-0.2, 0) is 0 Å². The lowest BCUT2D eigenvalue weighted by Gasteiger charge is -2.31. The molecule has 0 aromatic rings. The average Bonchev–Trinajstić information content (AvgIpc) is 2.28. The molecule has 17 heavy (non-hydrogen) atoms. The second-order valence-electron chi connectivity index (χ2n) is 5.74. The van der Waals surface area contributed by atoms with Crippen LogP contribution in [-0.4, -0.2) is 23.1 Å². The third-order valence-electron chi connectivity index (χ3n) is 3.81. The summed E-state index contributed by atoms with van der Waals surface area (Å²) in [5.41, 5.74) is -0.368. The van der Waals surface area contributed by atoms with Crippen molar-refractivity contribution in [3.63, 3.8) is 0 Å². The molecule has 1 aliphatic rings. The van der Waals surface area contributed by atoms with Crippen molar-refractivity contribution in [2.75, 3.05) is 7.05 Å². The van der Waals surface area contributed by atoms with Crippen LogP contribution in [0.15, 0.2) is 0 Å². The van der Waals surface area contributed by atoms with Gasteiger partial charge in [-0.2, -0.15) is 17.0 Å². The fourth-order valence-electron chi connectivity index (χ4n) is 2.66. The van der Waals surface area contributed by atoms with Crippen molar-refractivity contribution >= 4 is 11.8 Å². The minimum atomic E-state index is -0.368. The second-order valence-corrected chi connectivity index (χ2v) is 7.48. The average molecular weight is 254 g/mol. The molecule has 98 valence electrons. The van der Waals surface area contributed by atoms with Gasteiger partial charge < -0.3 is 5.32 Å². The predicted molar refractivity (Wildman–Crippen MR) is 76.2 cm³/mol. The molecule has 3 heteroatoms. The maximum absolute atomic E-state index is 9.16. The lowest BCUT2D eigenvalue weighted by Crippen LogP contribution is -2.40. The molecule has 0 aliphatic heterocycles. The van der Waals surface area contributed by atoms with Gasteiger partial charge >= 0.3 is 0 Å². The van der Waals surface area contributed by atoms with Gasteiger partial charge in [0.25, 0.3) is 0 Å². The number of thioether (sulfide) groups is 1. The predicted octanol–water partition coefficient (Wildman–Crippen LogP) is 3.58. The van der Waals surface area contributed by atoms with Crippen LogP contribution in [0.3, 0.4) is 0 Å². The molecule has 2 nitrogen and oxygen atoms in total. The minimum absolute atomic E-state index is 0.368. The van der Waals surface area contributed by atoms with E-state index < -0.39 is 0 Å². The first-order chi connectivity index (χ1) is 7.99. The third-order valence-corrected chi connectivity index (χ3v) is 5.25. The minimum Gasteiger partial charge on any atom is -0.303 e. The van der Waals surface area contributed by atoms with Crippen LogP contribution in [0.5, 0.6) is 0 Å². The standard InChI is InChI=1S/C14H26N2S/c1-11-6-5-7-13(8-11)17-12(2)9-14(3,10-15)16-4/h11-13,16H,5-9H2,1-4H3. The van der Waals surface area contributed by atoms with E-state index in [0.717, 1.165) is 17.6 Å². The van der Waals surface area contributed by atoms with Gasteiger partial charge in [0.05, 0.1) is 6.07 Å². The summed E-state index contributed by atoms with van der Waals surface area (Å²) in [6.45, 7) is 6.62. The van der Waals surface area contributed by atoms with E-state index in [1.54, 1.807) is 0 Å². The molecule has 0 spiro atoms. The topological polar surface area (TPSA) is 35.8 Å². The normalized spacial score (nSPS) is 30.3. The number of nitriles is 1. The van der Waals surface area contributed by atoms with Crippen LogP contribution in [0.1, 0.15) is 52.9 Å². The number of rotatable bonds is 5. The summed E-state index contributed by atoms with van der Waals surface area (Å²) in [5, 5.41) is 13.7. The molecule has 0 amide bonds. The summed E-state index contributed by atoms with van der Waals surface area (Å²) in [5.74, 6) is 0.889. The quantitative estimate of drug-likeness (QED) is 0.814. The van der Waals surface area contributed by atoms with Gasteiger partial charge in [0.2, 0.25) is 0 Å². The van der Waals surface area contributed by atoms with Crippen molar-refractivity contribution in [1.82, 2.24) is 5.32 Å². The highest BCUT2D eigenvalue weighted by Gasteiger charge is 2.27. The van der Waals surface area contributed by atoms with E-state index in [9.17, 15) is 0 Å². The fraction of sp³-hybridized carbons (Fsp3) is 0.929. The Bertz CT molecular complexity index is 274. The molecule has 1 saturated carbocycles. The van der Waals surface area contributed by atoms with E-state index in [1.165, 1.54) is 25.7 Å². The van der Waals surface area contributed by atoms with Crippen LogP contribution in [0, 0.1) is 17.2 Å². The van der Waals surface area contributed by atoms with Crippen LogP contribution in [0.2, 0.25) is 0 Å². The molecule has 4 atom stereocenters.